The van der Waals surface area contributed by atoms with Gasteiger partial charge in [0.2, 0.25) is 0 Å². The van der Waals surface area contributed by atoms with Gasteiger partial charge in [0.25, 0.3) is 0 Å². The normalized spacial score (nSPS) is 19.1. The molecule has 0 bridgehead atoms. The monoisotopic (exact) mass is 269 g/mol. The quantitative estimate of drug-likeness (QED) is 0.861. The Morgan fingerprint density at radius 3 is 3.11 bits per heavy atom. The summed E-state index contributed by atoms with van der Waals surface area (Å²) in [6.07, 6.45) is 1.09. The van der Waals surface area contributed by atoms with Gasteiger partial charge in [-0.05, 0) is 25.1 Å². The molecule has 100 valence electrons. The molecule has 1 aliphatic heterocycles. The third-order valence-electron chi connectivity index (χ3n) is 3.13. The van der Waals surface area contributed by atoms with Crippen molar-refractivity contribution in [3.05, 3.63) is 28.8 Å². The zero-order chi connectivity index (χ0) is 12.8. The van der Waals surface area contributed by atoms with Gasteiger partial charge in [0.05, 0.1) is 13.2 Å². The average molecular weight is 270 g/mol. The number of halogens is 1. The Kier molecular flexibility index (Phi) is 5.29. The standard InChI is InChI=1S/C14H20ClNO2/c1-2-16-8-12-13(15)4-3-5-14(12)18-10-11-6-7-17-9-11/h3-5,11,16H,2,6-10H2,1H3. The lowest BCUT2D eigenvalue weighted by Gasteiger charge is -2.15. The van der Waals surface area contributed by atoms with Gasteiger partial charge in [0, 0.05) is 29.7 Å². The molecule has 0 spiro atoms. The molecule has 1 saturated heterocycles. The van der Waals surface area contributed by atoms with Crippen LogP contribution < -0.4 is 10.1 Å². The molecule has 1 atom stereocenters. The smallest absolute Gasteiger partial charge is 0.125 e. The molecule has 1 fully saturated rings. The summed E-state index contributed by atoms with van der Waals surface area (Å²) in [5.74, 6) is 1.39. The zero-order valence-electron chi connectivity index (χ0n) is 10.7. The number of rotatable bonds is 6. The van der Waals surface area contributed by atoms with E-state index < -0.39 is 0 Å². The van der Waals surface area contributed by atoms with Crippen molar-refractivity contribution in [1.82, 2.24) is 5.32 Å². The van der Waals surface area contributed by atoms with E-state index in [-0.39, 0.29) is 0 Å². The predicted molar refractivity (Wildman–Crippen MR) is 73.3 cm³/mol. The minimum atomic E-state index is 0.510. The molecule has 0 radical (unpaired) electrons. The second kappa shape index (κ2) is 6.98. The molecule has 0 aromatic heterocycles. The largest absolute Gasteiger partial charge is 0.493 e. The Bertz CT molecular complexity index is 378. The van der Waals surface area contributed by atoms with Crippen LogP contribution in [0.2, 0.25) is 5.02 Å². The third-order valence-corrected chi connectivity index (χ3v) is 3.48. The first kappa shape index (κ1) is 13.7. The highest BCUT2D eigenvalue weighted by atomic mass is 35.5. The molecule has 3 nitrogen and oxygen atoms in total. The van der Waals surface area contributed by atoms with Crippen molar-refractivity contribution >= 4 is 11.6 Å². The molecule has 0 amide bonds. The second-order valence-electron chi connectivity index (χ2n) is 4.54. The minimum absolute atomic E-state index is 0.510. The van der Waals surface area contributed by atoms with Gasteiger partial charge in [-0.3, -0.25) is 0 Å². The molecular weight excluding hydrogens is 250 g/mol. The van der Waals surface area contributed by atoms with Crippen LogP contribution in [-0.4, -0.2) is 26.4 Å². The van der Waals surface area contributed by atoms with Crippen LogP contribution in [0.3, 0.4) is 0 Å². The lowest BCUT2D eigenvalue weighted by molar-refractivity contribution is 0.166. The molecule has 1 N–H and O–H groups in total. The number of hydrogen-bond acceptors (Lipinski definition) is 3. The van der Waals surface area contributed by atoms with E-state index in [1.54, 1.807) is 0 Å². The van der Waals surface area contributed by atoms with Gasteiger partial charge in [-0.1, -0.05) is 24.6 Å². The first-order valence-corrected chi connectivity index (χ1v) is 6.87. The van der Waals surface area contributed by atoms with E-state index in [0.717, 1.165) is 49.1 Å². The predicted octanol–water partition coefficient (Wildman–Crippen LogP) is 2.86. The fraction of sp³-hybridized carbons (Fsp3) is 0.571. The Hall–Kier alpha value is -0.770. The first-order valence-electron chi connectivity index (χ1n) is 6.50. The summed E-state index contributed by atoms with van der Waals surface area (Å²) in [6.45, 7) is 6.11. The van der Waals surface area contributed by atoms with Crippen LogP contribution in [-0.2, 0) is 11.3 Å². The van der Waals surface area contributed by atoms with Gasteiger partial charge >= 0.3 is 0 Å². The fourth-order valence-electron chi connectivity index (χ4n) is 2.02. The molecule has 1 aromatic carbocycles. The Morgan fingerprint density at radius 1 is 1.50 bits per heavy atom. The average Bonchev–Trinajstić information content (AvgIpc) is 2.88. The highest BCUT2D eigenvalue weighted by Crippen LogP contribution is 2.27. The molecule has 2 rings (SSSR count). The molecule has 1 aliphatic rings. The highest BCUT2D eigenvalue weighted by molar-refractivity contribution is 6.31. The van der Waals surface area contributed by atoms with E-state index in [0.29, 0.717) is 12.5 Å². The van der Waals surface area contributed by atoms with Gasteiger partial charge in [0.1, 0.15) is 5.75 Å². The van der Waals surface area contributed by atoms with E-state index in [1.165, 1.54) is 0 Å². The molecule has 0 saturated carbocycles. The maximum absolute atomic E-state index is 6.22. The van der Waals surface area contributed by atoms with Crippen LogP contribution in [0.25, 0.3) is 0 Å². The molecule has 0 aliphatic carbocycles. The van der Waals surface area contributed by atoms with Crippen LogP contribution in [0.5, 0.6) is 5.75 Å². The molecule has 1 heterocycles. The summed E-state index contributed by atoms with van der Waals surface area (Å²) in [5.41, 5.74) is 1.04. The Labute approximate surface area is 113 Å². The fourth-order valence-corrected chi connectivity index (χ4v) is 2.25. The Morgan fingerprint density at radius 2 is 2.39 bits per heavy atom. The van der Waals surface area contributed by atoms with Crippen molar-refractivity contribution in [3.8, 4) is 5.75 Å². The summed E-state index contributed by atoms with van der Waals surface area (Å²) in [6, 6.07) is 5.81. The number of benzene rings is 1. The summed E-state index contributed by atoms with van der Waals surface area (Å²) in [7, 11) is 0. The van der Waals surface area contributed by atoms with Gasteiger partial charge in [0.15, 0.2) is 0 Å². The molecule has 1 aromatic rings. The van der Waals surface area contributed by atoms with Crippen LogP contribution in [0, 0.1) is 5.92 Å². The van der Waals surface area contributed by atoms with Crippen molar-refractivity contribution in [2.45, 2.75) is 19.9 Å². The number of hydrogen-bond donors (Lipinski definition) is 1. The van der Waals surface area contributed by atoms with Crippen LogP contribution in [0.15, 0.2) is 18.2 Å². The van der Waals surface area contributed by atoms with Crippen LogP contribution >= 0.6 is 11.6 Å². The number of nitrogens with one attached hydrogen (secondary N) is 1. The summed E-state index contributed by atoms with van der Waals surface area (Å²) in [4.78, 5) is 0. The van der Waals surface area contributed by atoms with Crippen LogP contribution in [0.1, 0.15) is 18.9 Å². The van der Waals surface area contributed by atoms with E-state index in [4.69, 9.17) is 21.1 Å². The third kappa shape index (κ3) is 3.61. The van der Waals surface area contributed by atoms with Crippen molar-refractivity contribution in [2.24, 2.45) is 5.92 Å². The lowest BCUT2D eigenvalue weighted by atomic mass is 10.1. The lowest BCUT2D eigenvalue weighted by Crippen LogP contribution is -2.16. The van der Waals surface area contributed by atoms with Crippen molar-refractivity contribution in [2.75, 3.05) is 26.4 Å². The van der Waals surface area contributed by atoms with E-state index in [2.05, 4.69) is 12.2 Å². The highest BCUT2D eigenvalue weighted by Gasteiger charge is 2.17. The molecule has 4 heteroatoms. The van der Waals surface area contributed by atoms with E-state index in [9.17, 15) is 0 Å². The summed E-state index contributed by atoms with van der Waals surface area (Å²) < 4.78 is 11.2. The summed E-state index contributed by atoms with van der Waals surface area (Å²) >= 11 is 6.22. The van der Waals surface area contributed by atoms with E-state index >= 15 is 0 Å². The second-order valence-corrected chi connectivity index (χ2v) is 4.94. The topological polar surface area (TPSA) is 30.5 Å². The minimum Gasteiger partial charge on any atom is -0.493 e. The maximum Gasteiger partial charge on any atom is 0.125 e. The summed E-state index contributed by atoms with van der Waals surface area (Å²) in [5, 5.41) is 4.04. The van der Waals surface area contributed by atoms with E-state index in [1.807, 2.05) is 18.2 Å². The van der Waals surface area contributed by atoms with Crippen molar-refractivity contribution < 1.29 is 9.47 Å². The number of ether oxygens (including phenoxy) is 2. The van der Waals surface area contributed by atoms with Crippen molar-refractivity contribution in [3.63, 3.8) is 0 Å². The van der Waals surface area contributed by atoms with Gasteiger partial charge in [-0.15, -0.1) is 0 Å². The molecule has 1 unspecified atom stereocenters. The molecule has 18 heavy (non-hydrogen) atoms. The van der Waals surface area contributed by atoms with Gasteiger partial charge in [-0.2, -0.15) is 0 Å². The maximum atomic E-state index is 6.22. The first-order chi connectivity index (χ1) is 8.81. The van der Waals surface area contributed by atoms with Gasteiger partial charge < -0.3 is 14.8 Å². The SMILES string of the molecule is CCNCc1c(Cl)cccc1OCC1CCOC1. The van der Waals surface area contributed by atoms with Crippen molar-refractivity contribution in [1.29, 1.82) is 0 Å². The zero-order valence-corrected chi connectivity index (χ0v) is 11.5. The molecular formula is C14H20ClNO2. The van der Waals surface area contributed by atoms with Crippen LogP contribution in [0.4, 0.5) is 0 Å². The van der Waals surface area contributed by atoms with Gasteiger partial charge in [-0.25, -0.2) is 0 Å². The Balaban J connectivity index is 1.98.